The number of pyridine rings is 1. The number of alkyl halides is 3. The number of nitrogens with zero attached hydrogens (tertiary/aromatic N) is 4. The van der Waals surface area contributed by atoms with E-state index in [2.05, 4.69) is 10.1 Å². The molecule has 0 bridgehead atoms. The molecular weight excluding hydrogens is 524 g/mol. The first-order chi connectivity index (χ1) is 19.0. The van der Waals surface area contributed by atoms with E-state index in [4.69, 9.17) is 4.74 Å². The van der Waals surface area contributed by atoms with Crippen LogP contribution in [0.15, 0.2) is 53.5 Å². The van der Waals surface area contributed by atoms with Gasteiger partial charge in [0, 0.05) is 18.3 Å². The molecule has 0 saturated carbocycles. The van der Waals surface area contributed by atoms with E-state index in [1.165, 1.54) is 18.3 Å². The number of ether oxygens (including phenoxy) is 1. The van der Waals surface area contributed by atoms with E-state index in [1.807, 2.05) is 37.8 Å². The van der Waals surface area contributed by atoms with Crippen molar-refractivity contribution in [3.05, 3.63) is 92.8 Å². The van der Waals surface area contributed by atoms with Crippen molar-refractivity contribution in [3.63, 3.8) is 0 Å². The maximum Gasteiger partial charge on any atom is 0.418 e. The van der Waals surface area contributed by atoms with Crippen molar-refractivity contribution in [2.24, 2.45) is 0 Å². The summed E-state index contributed by atoms with van der Waals surface area (Å²) in [6, 6.07) is 8.96. The third-order valence-electron chi connectivity index (χ3n) is 7.81. The predicted molar refractivity (Wildman–Crippen MR) is 145 cm³/mol. The predicted octanol–water partition coefficient (Wildman–Crippen LogP) is 6.12. The monoisotopic (exact) mass is 556 g/mol. The van der Waals surface area contributed by atoms with Gasteiger partial charge in [0.25, 0.3) is 5.56 Å². The number of benzene rings is 1. The van der Waals surface area contributed by atoms with Crippen molar-refractivity contribution in [1.29, 1.82) is 0 Å². The van der Waals surface area contributed by atoms with Gasteiger partial charge in [-0.05, 0) is 86.9 Å². The van der Waals surface area contributed by atoms with Gasteiger partial charge >= 0.3 is 6.18 Å². The van der Waals surface area contributed by atoms with Crippen LogP contribution >= 0.6 is 0 Å². The Balaban J connectivity index is 1.57. The molecule has 40 heavy (non-hydrogen) atoms. The van der Waals surface area contributed by atoms with Gasteiger partial charge in [0.15, 0.2) is 5.82 Å². The van der Waals surface area contributed by atoms with Crippen LogP contribution in [0.3, 0.4) is 0 Å². The minimum atomic E-state index is -4.62. The number of halogens is 4. The van der Waals surface area contributed by atoms with Crippen LogP contribution in [0.25, 0.3) is 5.57 Å². The number of allylic oxidation sites excluding steroid dienone is 2. The van der Waals surface area contributed by atoms with Gasteiger partial charge < -0.3 is 9.64 Å². The third-order valence-corrected chi connectivity index (χ3v) is 7.81. The molecule has 5 rings (SSSR count). The van der Waals surface area contributed by atoms with Crippen LogP contribution in [0.1, 0.15) is 67.0 Å². The number of aromatic nitrogens is 3. The molecule has 1 unspecified atom stereocenters. The zero-order chi connectivity index (χ0) is 28.7. The number of aryl methyl sites for hydroxylation is 1. The summed E-state index contributed by atoms with van der Waals surface area (Å²) in [4.78, 5) is 19.7. The SMILES string of the molecule is Cc1cccc(F)c1C1CC=C(c2cc(N3CCOCC3(C)C)nn(Cc3ncccc3C(F)(F)F)c2=O)CC1. The molecule has 1 fully saturated rings. The fourth-order valence-corrected chi connectivity index (χ4v) is 5.75. The molecule has 1 aromatic carbocycles. The normalized spacial score (nSPS) is 19.4. The van der Waals surface area contributed by atoms with Gasteiger partial charge in [-0.1, -0.05) is 18.2 Å². The zero-order valence-corrected chi connectivity index (χ0v) is 22.8. The van der Waals surface area contributed by atoms with Gasteiger partial charge in [0.1, 0.15) is 5.82 Å². The molecular formula is C30H32F4N4O2. The summed E-state index contributed by atoms with van der Waals surface area (Å²) in [5.74, 6) is 0.232. The maximum atomic E-state index is 14.6. The molecule has 3 aromatic rings. The summed E-state index contributed by atoms with van der Waals surface area (Å²) in [6.45, 7) is 6.86. The van der Waals surface area contributed by atoms with Crippen molar-refractivity contribution in [3.8, 4) is 0 Å². The Morgan fingerprint density at radius 3 is 2.65 bits per heavy atom. The van der Waals surface area contributed by atoms with E-state index in [1.54, 1.807) is 12.1 Å². The highest BCUT2D eigenvalue weighted by atomic mass is 19.4. The van der Waals surface area contributed by atoms with E-state index in [9.17, 15) is 22.4 Å². The highest BCUT2D eigenvalue weighted by Crippen LogP contribution is 2.38. The first-order valence-electron chi connectivity index (χ1n) is 13.4. The second-order valence-corrected chi connectivity index (χ2v) is 11.1. The lowest BCUT2D eigenvalue weighted by atomic mass is 9.81. The Kier molecular flexibility index (Phi) is 7.56. The molecule has 0 amide bonds. The molecule has 1 aliphatic carbocycles. The molecule has 0 N–H and O–H groups in total. The lowest BCUT2D eigenvalue weighted by Gasteiger charge is -2.43. The minimum absolute atomic E-state index is 0.0190. The van der Waals surface area contributed by atoms with Crippen molar-refractivity contribution in [1.82, 2.24) is 14.8 Å². The van der Waals surface area contributed by atoms with Crippen molar-refractivity contribution in [2.45, 2.75) is 64.2 Å². The van der Waals surface area contributed by atoms with E-state index in [0.717, 1.165) is 21.9 Å². The number of anilines is 1. The average molecular weight is 557 g/mol. The molecule has 212 valence electrons. The first-order valence-corrected chi connectivity index (χ1v) is 13.4. The average Bonchev–Trinajstić information content (AvgIpc) is 2.90. The Labute approximate surface area is 230 Å². The standard InChI is InChI=1S/C30H32F4N4O2/c1-19-6-4-8-24(31)27(19)21-11-9-20(10-12-21)22-16-26(37-14-15-40-18-29(37,2)3)36-38(28(22)39)17-25-23(30(32,33)34)7-5-13-35-25/h4-9,13,16,21H,10-12,14-15,17-18H2,1-3H3. The van der Waals surface area contributed by atoms with Gasteiger partial charge in [-0.3, -0.25) is 9.78 Å². The first kappa shape index (κ1) is 28.0. The lowest BCUT2D eigenvalue weighted by molar-refractivity contribution is -0.138. The summed E-state index contributed by atoms with van der Waals surface area (Å²) in [5.41, 5.74) is 0.651. The molecule has 0 spiro atoms. The second kappa shape index (κ2) is 10.8. The third kappa shape index (κ3) is 5.54. The summed E-state index contributed by atoms with van der Waals surface area (Å²) in [6.07, 6.45) is 0.339. The van der Waals surface area contributed by atoms with Crippen LogP contribution in [0.2, 0.25) is 0 Å². The zero-order valence-electron chi connectivity index (χ0n) is 22.8. The molecule has 1 saturated heterocycles. The molecule has 2 aliphatic rings. The van der Waals surface area contributed by atoms with Gasteiger partial charge in [-0.2, -0.15) is 18.3 Å². The van der Waals surface area contributed by atoms with E-state index < -0.39 is 29.4 Å². The van der Waals surface area contributed by atoms with Crippen LogP contribution in [0, 0.1) is 12.7 Å². The van der Waals surface area contributed by atoms with Gasteiger partial charge in [0.2, 0.25) is 0 Å². The number of rotatable bonds is 5. The van der Waals surface area contributed by atoms with Crippen molar-refractivity contribution >= 4 is 11.4 Å². The second-order valence-electron chi connectivity index (χ2n) is 11.1. The molecule has 2 aromatic heterocycles. The summed E-state index contributed by atoms with van der Waals surface area (Å²) >= 11 is 0. The molecule has 1 aliphatic heterocycles. The highest BCUT2D eigenvalue weighted by Gasteiger charge is 2.35. The topological polar surface area (TPSA) is 60.2 Å². The lowest BCUT2D eigenvalue weighted by Crippen LogP contribution is -2.54. The van der Waals surface area contributed by atoms with Crippen molar-refractivity contribution < 1.29 is 22.3 Å². The molecule has 3 heterocycles. The Hall–Kier alpha value is -3.53. The van der Waals surface area contributed by atoms with Gasteiger partial charge in [-0.15, -0.1) is 0 Å². The molecule has 1 atom stereocenters. The van der Waals surface area contributed by atoms with E-state index in [0.29, 0.717) is 56.0 Å². The molecule has 10 heteroatoms. The van der Waals surface area contributed by atoms with E-state index in [-0.39, 0.29) is 17.4 Å². The number of hydrogen-bond acceptors (Lipinski definition) is 5. The smallest absolute Gasteiger partial charge is 0.377 e. The Bertz CT molecular complexity index is 1480. The fraction of sp³-hybridized carbons (Fsp3) is 0.433. The molecule has 0 radical (unpaired) electrons. The minimum Gasteiger partial charge on any atom is -0.377 e. The molecule has 6 nitrogen and oxygen atoms in total. The quantitative estimate of drug-likeness (QED) is 0.355. The van der Waals surface area contributed by atoms with Crippen LogP contribution in [0.5, 0.6) is 0 Å². The van der Waals surface area contributed by atoms with Crippen LogP contribution in [0.4, 0.5) is 23.4 Å². The Morgan fingerprint density at radius 1 is 1.18 bits per heavy atom. The number of morpholine rings is 1. The summed E-state index contributed by atoms with van der Waals surface area (Å²) in [7, 11) is 0. The van der Waals surface area contributed by atoms with Crippen LogP contribution in [-0.2, 0) is 17.5 Å². The van der Waals surface area contributed by atoms with Crippen LogP contribution < -0.4 is 10.5 Å². The van der Waals surface area contributed by atoms with E-state index >= 15 is 0 Å². The van der Waals surface area contributed by atoms with Crippen LogP contribution in [-0.4, -0.2) is 40.1 Å². The van der Waals surface area contributed by atoms with Gasteiger partial charge in [-0.25, -0.2) is 9.07 Å². The largest absolute Gasteiger partial charge is 0.418 e. The number of hydrogen-bond donors (Lipinski definition) is 0. The van der Waals surface area contributed by atoms with Gasteiger partial charge in [0.05, 0.1) is 36.6 Å². The van der Waals surface area contributed by atoms with Crippen molar-refractivity contribution in [2.75, 3.05) is 24.7 Å². The highest BCUT2D eigenvalue weighted by molar-refractivity contribution is 5.68. The summed E-state index contributed by atoms with van der Waals surface area (Å²) < 4.78 is 62.5. The maximum absolute atomic E-state index is 14.6. The summed E-state index contributed by atoms with van der Waals surface area (Å²) in [5, 5.41) is 4.54. The fourth-order valence-electron chi connectivity index (χ4n) is 5.75. The Morgan fingerprint density at radius 2 is 1.98 bits per heavy atom.